The van der Waals surface area contributed by atoms with Gasteiger partial charge in [-0.15, -0.1) is 0 Å². The molecular weight excluding hydrogens is 579 g/mol. The second-order valence-corrected chi connectivity index (χ2v) is 11.8. The molecule has 0 aliphatic rings. The van der Waals surface area contributed by atoms with Crippen molar-refractivity contribution in [3.63, 3.8) is 0 Å². The topological polar surface area (TPSA) is 86.8 Å². The Kier molecular flexibility index (Phi) is 10.1. The van der Waals surface area contributed by atoms with E-state index < -0.39 is 56.9 Å². The van der Waals surface area contributed by atoms with Crippen molar-refractivity contribution in [2.75, 3.05) is 17.9 Å². The average Bonchev–Trinajstić information content (AvgIpc) is 2.91. The largest absolute Gasteiger partial charge is 0.417 e. The minimum absolute atomic E-state index is 0.0285. The normalized spacial score (nSPS) is 12.5. The van der Waals surface area contributed by atoms with Crippen LogP contribution in [0.5, 0.6) is 0 Å². The highest BCUT2D eigenvalue weighted by Gasteiger charge is 2.37. The summed E-state index contributed by atoms with van der Waals surface area (Å²) in [7, 11) is -3.12. The van der Waals surface area contributed by atoms with E-state index in [1.807, 2.05) is 19.1 Å². The van der Waals surface area contributed by atoms with Gasteiger partial charge in [0.15, 0.2) is 0 Å². The second-order valence-electron chi connectivity index (χ2n) is 9.54. The first-order chi connectivity index (χ1) is 19.2. The highest BCUT2D eigenvalue weighted by molar-refractivity contribution is 7.92. The summed E-state index contributed by atoms with van der Waals surface area (Å²) in [5, 5.41) is 1.90. The standard InChI is InChI=1S/C29H31ClF3N3O4S/c1-5-26(28(38)34-4)35(17-21-8-6-7-20(3)15-21)27(37)18-36(41(39,40)23-12-9-19(2)10-13-23)22-11-14-25(30)24(16-22)29(31,32)33/h6-16,26H,5,17-18H2,1-4H3,(H,34,38). The Balaban J connectivity index is 2.15. The van der Waals surface area contributed by atoms with Crippen LogP contribution in [-0.2, 0) is 32.3 Å². The molecule has 0 spiro atoms. The summed E-state index contributed by atoms with van der Waals surface area (Å²) in [5.41, 5.74) is 0.714. The summed E-state index contributed by atoms with van der Waals surface area (Å²) < 4.78 is 69.5. The molecule has 3 aromatic carbocycles. The molecule has 0 saturated heterocycles. The first-order valence-electron chi connectivity index (χ1n) is 12.7. The Morgan fingerprint density at radius 1 is 0.976 bits per heavy atom. The van der Waals surface area contributed by atoms with Crippen molar-refractivity contribution in [2.24, 2.45) is 0 Å². The number of nitrogens with one attached hydrogen (secondary N) is 1. The lowest BCUT2D eigenvalue weighted by Crippen LogP contribution is -2.51. The Morgan fingerprint density at radius 2 is 1.63 bits per heavy atom. The van der Waals surface area contributed by atoms with Crippen LogP contribution in [-0.4, -0.2) is 44.8 Å². The molecule has 1 atom stereocenters. The lowest BCUT2D eigenvalue weighted by atomic mass is 10.1. The van der Waals surface area contributed by atoms with Crippen LogP contribution in [0.25, 0.3) is 0 Å². The summed E-state index contributed by atoms with van der Waals surface area (Å²) in [5.74, 6) is -1.24. The number of rotatable bonds is 10. The maximum atomic E-state index is 13.9. The summed E-state index contributed by atoms with van der Waals surface area (Å²) in [4.78, 5) is 27.7. The Labute approximate surface area is 243 Å². The minimum Gasteiger partial charge on any atom is -0.357 e. The highest BCUT2D eigenvalue weighted by Crippen LogP contribution is 2.38. The predicted octanol–water partition coefficient (Wildman–Crippen LogP) is 5.72. The van der Waals surface area contributed by atoms with Gasteiger partial charge < -0.3 is 10.2 Å². The summed E-state index contributed by atoms with van der Waals surface area (Å²) in [6.07, 6.45) is -4.67. The number of hydrogen-bond acceptors (Lipinski definition) is 4. The Hall–Kier alpha value is -3.57. The lowest BCUT2D eigenvalue weighted by molar-refractivity contribution is -0.140. The number of nitrogens with zero attached hydrogens (tertiary/aromatic N) is 2. The van der Waals surface area contributed by atoms with Crippen LogP contribution in [0.15, 0.2) is 71.6 Å². The van der Waals surface area contributed by atoms with E-state index in [0.29, 0.717) is 15.9 Å². The quantitative estimate of drug-likeness (QED) is 0.318. The van der Waals surface area contributed by atoms with Crippen molar-refractivity contribution < 1.29 is 31.2 Å². The van der Waals surface area contributed by atoms with Gasteiger partial charge in [0.2, 0.25) is 11.8 Å². The van der Waals surface area contributed by atoms with Crippen LogP contribution in [0.1, 0.15) is 35.6 Å². The Morgan fingerprint density at radius 3 is 2.20 bits per heavy atom. The zero-order chi connectivity index (χ0) is 30.5. The van der Waals surface area contributed by atoms with Crippen molar-refractivity contribution in [2.45, 2.75) is 50.9 Å². The number of hydrogen-bond donors (Lipinski definition) is 1. The molecule has 0 aromatic heterocycles. The zero-order valence-electron chi connectivity index (χ0n) is 23.0. The number of aryl methyl sites for hydroxylation is 2. The van der Waals surface area contributed by atoms with Crippen LogP contribution in [0.3, 0.4) is 0 Å². The predicted molar refractivity (Wildman–Crippen MR) is 152 cm³/mol. The molecule has 0 aliphatic carbocycles. The van der Waals surface area contributed by atoms with Crippen LogP contribution in [0.4, 0.5) is 18.9 Å². The number of sulfonamides is 1. The number of anilines is 1. The molecule has 3 rings (SSSR count). The van der Waals surface area contributed by atoms with Gasteiger partial charge in [0.05, 0.1) is 21.2 Å². The van der Waals surface area contributed by atoms with E-state index in [2.05, 4.69) is 5.32 Å². The Bertz CT molecular complexity index is 1510. The minimum atomic E-state index is -4.87. The third kappa shape index (κ3) is 7.59. The van der Waals surface area contributed by atoms with Gasteiger partial charge in [-0.1, -0.05) is 66.0 Å². The molecule has 0 heterocycles. The molecule has 0 aliphatic heterocycles. The lowest BCUT2D eigenvalue weighted by Gasteiger charge is -2.33. The fourth-order valence-corrected chi connectivity index (χ4v) is 5.98. The van der Waals surface area contributed by atoms with E-state index in [1.54, 1.807) is 38.1 Å². The molecular formula is C29H31ClF3N3O4S. The van der Waals surface area contributed by atoms with Crippen molar-refractivity contribution in [3.8, 4) is 0 Å². The molecule has 1 unspecified atom stereocenters. The van der Waals surface area contributed by atoms with Gasteiger partial charge in [-0.3, -0.25) is 13.9 Å². The average molecular weight is 610 g/mol. The number of carbonyl (C=O) groups excluding carboxylic acids is 2. The van der Waals surface area contributed by atoms with Crippen LogP contribution >= 0.6 is 11.6 Å². The van der Waals surface area contributed by atoms with Gasteiger partial charge in [0.25, 0.3) is 10.0 Å². The number of benzene rings is 3. The molecule has 1 N–H and O–H groups in total. The van der Waals surface area contributed by atoms with Gasteiger partial charge in [-0.2, -0.15) is 13.2 Å². The van der Waals surface area contributed by atoms with Gasteiger partial charge in [0, 0.05) is 13.6 Å². The van der Waals surface area contributed by atoms with Crippen molar-refractivity contribution >= 4 is 39.1 Å². The number of likely N-dealkylation sites (N-methyl/N-ethyl adjacent to an activating group) is 1. The molecule has 2 amide bonds. The molecule has 0 bridgehead atoms. The number of carbonyl (C=O) groups is 2. The van der Waals surface area contributed by atoms with Gasteiger partial charge >= 0.3 is 6.18 Å². The summed E-state index contributed by atoms with van der Waals surface area (Å²) >= 11 is 5.80. The van der Waals surface area contributed by atoms with E-state index >= 15 is 0 Å². The molecule has 41 heavy (non-hydrogen) atoms. The van der Waals surface area contributed by atoms with E-state index in [0.717, 1.165) is 23.3 Å². The molecule has 7 nitrogen and oxygen atoms in total. The van der Waals surface area contributed by atoms with Crippen molar-refractivity contribution in [1.82, 2.24) is 10.2 Å². The van der Waals surface area contributed by atoms with E-state index in [9.17, 15) is 31.2 Å². The molecule has 0 fully saturated rings. The summed E-state index contributed by atoms with van der Waals surface area (Å²) in [6.45, 7) is 4.42. The third-order valence-corrected chi connectivity index (χ3v) is 8.62. The van der Waals surface area contributed by atoms with Crippen LogP contribution in [0, 0.1) is 13.8 Å². The van der Waals surface area contributed by atoms with E-state index in [-0.39, 0.29) is 17.9 Å². The van der Waals surface area contributed by atoms with Gasteiger partial charge in [-0.25, -0.2) is 8.42 Å². The van der Waals surface area contributed by atoms with Gasteiger partial charge in [0.1, 0.15) is 12.6 Å². The van der Waals surface area contributed by atoms with E-state index in [1.165, 1.54) is 24.1 Å². The zero-order valence-corrected chi connectivity index (χ0v) is 24.6. The van der Waals surface area contributed by atoms with Crippen LogP contribution in [0.2, 0.25) is 5.02 Å². The van der Waals surface area contributed by atoms with Gasteiger partial charge in [-0.05, 0) is 56.2 Å². The molecule has 3 aromatic rings. The number of amides is 2. The molecule has 0 radical (unpaired) electrons. The fraction of sp³-hybridized carbons (Fsp3) is 0.310. The SMILES string of the molecule is CCC(C(=O)NC)N(Cc1cccc(C)c1)C(=O)CN(c1ccc(Cl)c(C(F)(F)F)c1)S(=O)(=O)c1ccc(C)cc1. The van der Waals surface area contributed by atoms with Crippen LogP contribution < -0.4 is 9.62 Å². The maximum Gasteiger partial charge on any atom is 0.417 e. The van der Waals surface area contributed by atoms with E-state index in [4.69, 9.17) is 11.6 Å². The first-order valence-corrected chi connectivity index (χ1v) is 14.5. The molecule has 0 saturated carbocycles. The number of halogens is 4. The third-order valence-electron chi connectivity index (χ3n) is 6.50. The molecule has 220 valence electrons. The van der Waals surface area contributed by atoms with Crippen molar-refractivity contribution in [1.29, 1.82) is 0 Å². The number of alkyl halides is 3. The summed E-state index contributed by atoms with van der Waals surface area (Å²) in [6, 6.07) is 14.6. The van der Waals surface area contributed by atoms with Crippen molar-refractivity contribution in [3.05, 3.63) is 94.0 Å². The first kappa shape index (κ1) is 32.0. The molecule has 12 heteroatoms. The monoisotopic (exact) mass is 609 g/mol. The maximum absolute atomic E-state index is 13.9. The smallest absolute Gasteiger partial charge is 0.357 e. The fourth-order valence-electron chi connectivity index (χ4n) is 4.35. The highest BCUT2D eigenvalue weighted by atomic mass is 35.5. The second kappa shape index (κ2) is 12.9.